The van der Waals surface area contributed by atoms with Gasteiger partial charge < -0.3 is 10.2 Å². The van der Waals surface area contributed by atoms with Crippen LogP contribution in [0.1, 0.15) is 72.6 Å². The zero-order chi connectivity index (χ0) is 23.7. The third kappa shape index (κ3) is 5.30. The van der Waals surface area contributed by atoms with Gasteiger partial charge in [-0.05, 0) is 50.4 Å². The third-order valence-electron chi connectivity index (χ3n) is 7.97. The van der Waals surface area contributed by atoms with Crippen molar-refractivity contribution in [3.05, 3.63) is 0 Å². The number of β-amino-alcohol motifs (C(OH)–C–C–N with tert-alkyl or cyclic N) is 1. The van der Waals surface area contributed by atoms with E-state index in [4.69, 9.17) is 0 Å². The predicted octanol–water partition coefficient (Wildman–Crippen LogP) is 2.37. The van der Waals surface area contributed by atoms with Gasteiger partial charge in [-0.2, -0.15) is 0 Å². The fourth-order valence-electron chi connectivity index (χ4n) is 6.24. The molecule has 9 unspecified atom stereocenters. The number of nitrogens with zero attached hydrogens (tertiary/aromatic N) is 1. The minimum absolute atomic E-state index is 0.00136. The molecule has 3 aliphatic rings. The first-order valence-corrected chi connectivity index (χ1v) is 12.3. The van der Waals surface area contributed by atoms with Crippen molar-refractivity contribution in [3.63, 3.8) is 0 Å². The van der Waals surface area contributed by atoms with Gasteiger partial charge in [0, 0.05) is 36.0 Å². The Bertz CT molecular complexity index is 751. The van der Waals surface area contributed by atoms with Crippen LogP contribution in [0.25, 0.3) is 0 Å². The third-order valence-corrected chi connectivity index (χ3v) is 7.97. The average Bonchev–Trinajstić information content (AvgIpc) is 2.72. The van der Waals surface area contributed by atoms with Crippen molar-refractivity contribution in [2.75, 3.05) is 6.54 Å². The van der Waals surface area contributed by atoms with E-state index in [0.717, 1.165) is 17.7 Å². The van der Waals surface area contributed by atoms with E-state index in [-0.39, 0.29) is 48.7 Å². The van der Waals surface area contributed by atoms with E-state index in [1.807, 2.05) is 20.8 Å². The molecule has 0 aromatic carbocycles. The Labute approximate surface area is 190 Å². The number of aliphatic hydroxyl groups is 2. The standard InChI is InChI=1S/C25H39NO6/c1-13-7-15(3)23(30)18(9-13)20(27)11-17-5-6-22(29)26(25(17)32)12-21(28)19-10-14(2)8-16(4)24(19)31/h13-21,27-28H,5-12H2,1-4H3. The smallest absolute Gasteiger partial charge is 0.232 e. The molecule has 180 valence electrons. The number of hydrogen-bond donors (Lipinski definition) is 2. The molecule has 0 aromatic rings. The molecule has 1 saturated heterocycles. The van der Waals surface area contributed by atoms with Crippen LogP contribution in [0.5, 0.6) is 0 Å². The Balaban J connectivity index is 1.65. The Hall–Kier alpha value is -1.60. The summed E-state index contributed by atoms with van der Waals surface area (Å²) in [5.74, 6) is -1.88. The lowest BCUT2D eigenvalue weighted by atomic mass is 9.71. The number of amides is 2. The van der Waals surface area contributed by atoms with Gasteiger partial charge in [-0.1, -0.05) is 27.7 Å². The molecule has 0 bridgehead atoms. The lowest BCUT2D eigenvalue weighted by Gasteiger charge is -2.38. The molecule has 3 fully saturated rings. The number of Topliss-reactive ketones (excluding diaryl/α,β-unsaturated/α-hetero) is 2. The summed E-state index contributed by atoms with van der Waals surface area (Å²) < 4.78 is 0. The largest absolute Gasteiger partial charge is 0.392 e. The van der Waals surface area contributed by atoms with Gasteiger partial charge in [0.25, 0.3) is 0 Å². The van der Waals surface area contributed by atoms with Crippen molar-refractivity contribution < 1.29 is 29.4 Å². The van der Waals surface area contributed by atoms with Crippen LogP contribution >= 0.6 is 0 Å². The Morgan fingerprint density at radius 3 is 1.84 bits per heavy atom. The quantitative estimate of drug-likeness (QED) is 0.602. The van der Waals surface area contributed by atoms with E-state index in [0.29, 0.717) is 31.1 Å². The van der Waals surface area contributed by atoms with Gasteiger partial charge in [0.05, 0.1) is 18.8 Å². The summed E-state index contributed by atoms with van der Waals surface area (Å²) in [4.78, 5) is 51.8. The number of carbonyl (C=O) groups excluding carboxylic acids is 4. The van der Waals surface area contributed by atoms with Crippen LogP contribution in [0.2, 0.25) is 0 Å². The number of imide groups is 1. The number of hydrogen-bond acceptors (Lipinski definition) is 6. The molecule has 32 heavy (non-hydrogen) atoms. The Morgan fingerprint density at radius 2 is 1.31 bits per heavy atom. The van der Waals surface area contributed by atoms with Gasteiger partial charge in [-0.3, -0.25) is 24.1 Å². The molecule has 2 amide bonds. The summed E-state index contributed by atoms with van der Waals surface area (Å²) in [5.41, 5.74) is 0. The molecule has 2 saturated carbocycles. The lowest BCUT2D eigenvalue weighted by Crippen LogP contribution is -2.52. The van der Waals surface area contributed by atoms with Crippen molar-refractivity contribution in [2.24, 2.45) is 41.4 Å². The number of piperidine rings is 1. The lowest BCUT2D eigenvalue weighted by molar-refractivity contribution is -0.157. The predicted molar refractivity (Wildman–Crippen MR) is 118 cm³/mol. The summed E-state index contributed by atoms with van der Waals surface area (Å²) in [5, 5.41) is 21.6. The van der Waals surface area contributed by atoms with E-state index in [9.17, 15) is 29.4 Å². The van der Waals surface area contributed by atoms with Crippen LogP contribution in [0, 0.1) is 41.4 Å². The number of carbonyl (C=O) groups is 4. The van der Waals surface area contributed by atoms with Crippen molar-refractivity contribution in [1.29, 1.82) is 0 Å². The maximum atomic E-state index is 13.1. The summed E-state index contributed by atoms with van der Waals surface area (Å²) in [6.45, 7) is 7.69. The van der Waals surface area contributed by atoms with Crippen LogP contribution in [0.15, 0.2) is 0 Å². The summed E-state index contributed by atoms with van der Waals surface area (Å²) in [6, 6.07) is 0. The second-order valence-electron chi connectivity index (χ2n) is 10.9. The Kier molecular flexibility index (Phi) is 7.92. The van der Waals surface area contributed by atoms with Crippen molar-refractivity contribution in [2.45, 2.75) is 84.8 Å². The first-order valence-electron chi connectivity index (χ1n) is 12.3. The van der Waals surface area contributed by atoms with E-state index in [1.165, 1.54) is 0 Å². The van der Waals surface area contributed by atoms with Gasteiger partial charge >= 0.3 is 0 Å². The number of aliphatic hydroxyl groups excluding tert-OH is 2. The van der Waals surface area contributed by atoms with E-state index >= 15 is 0 Å². The molecule has 0 aromatic heterocycles. The van der Waals surface area contributed by atoms with Gasteiger partial charge in [-0.15, -0.1) is 0 Å². The van der Waals surface area contributed by atoms with Crippen molar-refractivity contribution >= 4 is 23.4 Å². The number of ketones is 2. The second-order valence-corrected chi connectivity index (χ2v) is 10.9. The molecule has 7 heteroatoms. The molecular weight excluding hydrogens is 410 g/mol. The van der Waals surface area contributed by atoms with Gasteiger partial charge in [0.15, 0.2) is 0 Å². The van der Waals surface area contributed by atoms with Crippen LogP contribution < -0.4 is 0 Å². The minimum atomic E-state index is -1.08. The molecule has 3 rings (SSSR count). The fraction of sp³-hybridized carbons (Fsp3) is 0.840. The first-order chi connectivity index (χ1) is 15.0. The maximum absolute atomic E-state index is 13.1. The first kappa shape index (κ1) is 25.0. The summed E-state index contributed by atoms with van der Waals surface area (Å²) in [6.07, 6.45) is 1.44. The monoisotopic (exact) mass is 449 g/mol. The van der Waals surface area contributed by atoms with E-state index in [1.54, 1.807) is 0 Å². The molecule has 7 nitrogen and oxygen atoms in total. The average molecular weight is 450 g/mol. The van der Waals surface area contributed by atoms with Crippen molar-refractivity contribution in [3.8, 4) is 0 Å². The van der Waals surface area contributed by atoms with Gasteiger partial charge in [0.1, 0.15) is 11.6 Å². The summed E-state index contributed by atoms with van der Waals surface area (Å²) >= 11 is 0. The molecule has 0 spiro atoms. The SMILES string of the molecule is CC1CC(C)C(=O)C(C(O)CC2CCC(=O)N(CC(O)C3CC(C)CC(C)C3=O)C2=O)C1. The van der Waals surface area contributed by atoms with Gasteiger partial charge in [0.2, 0.25) is 11.8 Å². The van der Waals surface area contributed by atoms with Crippen molar-refractivity contribution in [1.82, 2.24) is 4.90 Å². The van der Waals surface area contributed by atoms with E-state index < -0.39 is 35.9 Å². The highest BCUT2D eigenvalue weighted by molar-refractivity contribution is 5.99. The fourth-order valence-corrected chi connectivity index (χ4v) is 6.24. The molecular formula is C25H39NO6. The number of rotatable bonds is 6. The molecule has 2 N–H and O–H groups in total. The highest BCUT2D eigenvalue weighted by Crippen LogP contribution is 2.36. The topological polar surface area (TPSA) is 112 Å². The molecule has 2 aliphatic carbocycles. The second kappa shape index (κ2) is 10.1. The molecule has 1 aliphatic heterocycles. The molecule has 9 atom stereocenters. The number of likely N-dealkylation sites (tertiary alicyclic amines) is 1. The maximum Gasteiger partial charge on any atom is 0.232 e. The Morgan fingerprint density at radius 1 is 0.812 bits per heavy atom. The van der Waals surface area contributed by atoms with Crippen LogP contribution in [-0.2, 0) is 19.2 Å². The normalized spacial score (nSPS) is 38.7. The highest BCUT2D eigenvalue weighted by atomic mass is 16.3. The molecule has 1 heterocycles. The van der Waals surface area contributed by atoms with Gasteiger partial charge in [-0.25, -0.2) is 0 Å². The zero-order valence-electron chi connectivity index (χ0n) is 19.8. The molecule has 0 radical (unpaired) electrons. The van der Waals surface area contributed by atoms with Crippen LogP contribution in [0.3, 0.4) is 0 Å². The van der Waals surface area contributed by atoms with Crippen LogP contribution in [0.4, 0.5) is 0 Å². The highest BCUT2D eigenvalue weighted by Gasteiger charge is 2.43. The summed E-state index contributed by atoms with van der Waals surface area (Å²) in [7, 11) is 0. The zero-order valence-corrected chi connectivity index (χ0v) is 19.8. The van der Waals surface area contributed by atoms with Crippen LogP contribution in [-0.4, -0.2) is 57.2 Å². The van der Waals surface area contributed by atoms with E-state index in [2.05, 4.69) is 6.92 Å². The minimum Gasteiger partial charge on any atom is -0.392 e.